The van der Waals surface area contributed by atoms with Crippen LogP contribution in [0.25, 0.3) is 10.8 Å². The van der Waals surface area contributed by atoms with Gasteiger partial charge in [-0.15, -0.1) is 0 Å². The third-order valence-electron chi connectivity index (χ3n) is 5.25. The maximum Gasteiger partial charge on any atom is 0.187 e. The third-order valence-corrected chi connectivity index (χ3v) is 5.46. The number of hydrazone groups is 1. The van der Waals surface area contributed by atoms with Crippen molar-refractivity contribution >= 4 is 34.3 Å². The lowest BCUT2D eigenvalue weighted by molar-refractivity contribution is 0.389. The molecule has 0 spiro atoms. The van der Waals surface area contributed by atoms with Crippen molar-refractivity contribution in [3.05, 3.63) is 48.0 Å². The van der Waals surface area contributed by atoms with Crippen LogP contribution in [0.5, 0.6) is 0 Å². The molecule has 3 atom stereocenters. The van der Waals surface area contributed by atoms with Crippen molar-refractivity contribution in [1.29, 1.82) is 0 Å². The summed E-state index contributed by atoms with van der Waals surface area (Å²) in [5.41, 5.74) is 4.07. The van der Waals surface area contributed by atoms with Gasteiger partial charge in [0.15, 0.2) is 5.11 Å². The molecule has 2 saturated carbocycles. The predicted molar refractivity (Wildman–Crippen MR) is 99.6 cm³/mol. The number of fused-ring (bicyclic) bond motifs is 3. The molecule has 2 aromatic rings. The first-order chi connectivity index (χ1) is 11.3. The molecule has 0 amide bonds. The van der Waals surface area contributed by atoms with Gasteiger partial charge in [-0.25, -0.2) is 0 Å². The highest BCUT2D eigenvalue weighted by atomic mass is 32.1. The first kappa shape index (κ1) is 14.6. The zero-order valence-electron chi connectivity index (χ0n) is 13.0. The largest absolute Gasteiger partial charge is 0.358 e. The van der Waals surface area contributed by atoms with E-state index in [1.54, 1.807) is 0 Å². The molecule has 118 valence electrons. The van der Waals surface area contributed by atoms with Gasteiger partial charge < -0.3 is 5.32 Å². The monoisotopic (exact) mass is 323 g/mol. The molecule has 4 heteroatoms. The molecule has 0 saturated heterocycles. The van der Waals surface area contributed by atoms with E-state index in [1.165, 1.54) is 36.5 Å². The normalized spacial score (nSPS) is 26.0. The second kappa shape index (κ2) is 6.28. The SMILES string of the molecule is S=C(N/N=C\c1cccc2ccccc12)N[C@H]1C[C@@H]2CC[C@H]1C2. The second-order valence-electron chi connectivity index (χ2n) is 6.69. The number of nitrogens with one attached hydrogen (secondary N) is 2. The Kier molecular flexibility index (Phi) is 4.00. The number of hydrogen-bond acceptors (Lipinski definition) is 2. The number of benzene rings is 2. The third kappa shape index (κ3) is 3.08. The Bertz CT molecular complexity index is 750. The minimum atomic E-state index is 0.543. The molecule has 3 nitrogen and oxygen atoms in total. The number of thiocarbonyl (C=S) groups is 1. The second-order valence-corrected chi connectivity index (χ2v) is 7.10. The molecule has 23 heavy (non-hydrogen) atoms. The van der Waals surface area contributed by atoms with Gasteiger partial charge >= 0.3 is 0 Å². The maximum atomic E-state index is 5.38. The van der Waals surface area contributed by atoms with E-state index in [2.05, 4.69) is 58.3 Å². The first-order valence-electron chi connectivity index (χ1n) is 8.37. The summed E-state index contributed by atoms with van der Waals surface area (Å²) in [4.78, 5) is 0. The Balaban J connectivity index is 1.38. The van der Waals surface area contributed by atoms with Crippen molar-refractivity contribution in [2.75, 3.05) is 0 Å². The fourth-order valence-electron chi connectivity index (χ4n) is 4.15. The van der Waals surface area contributed by atoms with Gasteiger partial charge in [-0.3, -0.25) is 5.43 Å². The van der Waals surface area contributed by atoms with E-state index >= 15 is 0 Å². The van der Waals surface area contributed by atoms with E-state index in [9.17, 15) is 0 Å². The molecule has 0 aliphatic heterocycles. The summed E-state index contributed by atoms with van der Waals surface area (Å²) >= 11 is 5.38. The summed E-state index contributed by atoms with van der Waals surface area (Å²) in [6.07, 6.45) is 7.24. The van der Waals surface area contributed by atoms with Crippen LogP contribution in [0.3, 0.4) is 0 Å². The quantitative estimate of drug-likeness (QED) is 0.512. The van der Waals surface area contributed by atoms with E-state index in [0.29, 0.717) is 11.2 Å². The van der Waals surface area contributed by atoms with Gasteiger partial charge in [-0.1, -0.05) is 48.9 Å². The molecular weight excluding hydrogens is 302 g/mol. The van der Waals surface area contributed by atoms with E-state index in [0.717, 1.165) is 17.4 Å². The topological polar surface area (TPSA) is 36.4 Å². The molecule has 2 N–H and O–H groups in total. The fraction of sp³-hybridized carbons (Fsp3) is 0.368. The Morgan fingerprint density at radius 3 is 2.78 bits per heavy atom. The van der Waals surface area contributed by atoms with E-state index < -0.39 is 0 Å². The van der Waals surface area contributed by atoms with Gasteiger partial charge in [0.2, 0.25) is 0 Å². The van der Waals surface area contributed by atoms with Crippen molar-refractivity contribution in [2.24, 2.45) is 16.9 Å². The average Bonchev–Trinajstić information content (AvgIpc) is 3.18. The zero-order valence-corrected chi connectivity index (χ0v) is 13.9. The molecule has 2 aliphatic carbocycles. The standard InChI is InChI=1S/C19H21N3S/c23-19(21-18-11-13-8-9-15(18)10-13)22-20-12-16-6-3-5-14-4-1-2-7-17(14)16/h1-7,12-13,15,18H,8-11H2,(H2,21,22,23)/b20-12-/t13-,15+,18+/m1/s1. The highest BCUT2D eigenvalue weighted by molar-refractivity contribution is 7.80. The molecular formula is C19H21N3S. The van der Waals surface area contributed by atoms with Crippen molar-refractivity contribution < 1.29 is 0 Å². The van der Waals surface area contributed by atoms with Crippen LogP contribution in [0.15, 0.2) is 47.6 Å². The first-order valence-corrected chi connectivity index (χ1v) is 8.78. The average molecular weight is 323 g/mol. The Morgan fingerprint density at radius 1 is 1.09 bits per heavy atom. The number of hydrogen-bond donors (Lipinski definition) is 2. The minimum Gasteiger partial charge on any atom is -0.358 e. The lowest BCUT2D eigenvalue weighted by Crippen LogP contribution is -2.42. The molecule has 4 rings (SSSR count). The molecule has 0 aromatic heterocycles. The molecule has 2 bridgehead atoms. The van der Waals surface area contributed by atoms with Crippen LogP contribution < -0.4 is 10.7 Å². The summed E-state index contributed by atoms with van der Waals surface area (Å²) in [6.45, 7) is 0. The van der Waals surface area contributed by atoms with Crippen molar-refractivity contribution in [1.82, 2.24) is 10.7 Å². The van der Waals surface area contributed by atoms with Gasteiger partial charge in [-0.2, -0.15) is 5.10 Å². The van der Waals surface area contributed by atoms with Crippen LogP contribution in [0.1, 0.15) is 31.2 Å². The number of rotatable bonds is 3. The predicted octanol–water partition coefficient (Wildman–Crippen LogP) is 3.83. The fourth-order valence-corrected chi connectivity index (χ4v) is 4.35. The van der Waals surface area contributed by atoms with Crippen molar-refractivity contribution in [3.8, 4) is 0 Å². The highest BCUT2D eigenvalue weighted by Crippen LogP contribution is 2.44. The van der Waals surface area contributed by atoms with Crippen LogP contribution >= 0.6 is 12.2 Å². The van der Waals surface area contributed by atoms with Gasteiger partial charge in [0.25, 0.3) is 0 Å². The van der Waals surface area contributed by atoms with Crippen LogP contribution in [0, 0.1) is 11.8 Å². The summed E-state index contributed by atoms with van der Waals surface area (Å²) < 4.78 is 0. The van der Waals surface area contributed by atoms with Crippen LogP contribution in [0.4, 0.5) is 0 Å². The maximum absolute atomic E-state index is 5.38. The van der Waals surface area contributed by atoms with Gasteiger partial charge in [0.05, 0.1) is 6.21 Å². The van der Waals surface area contributed by atoms with Gasteiger partial charge in [-0.05, 0) is 54.1 Å². The van der Waals surface area contributed by atoms with E-state index in [1.807, 2.05) is 6.21 Å². The zero-order chi connectivity index (χ0) is 15.6. The van der Waals surface area contributed by atoms with Gasteiger partial charge in [0.1, 0.15) is 0 Å². The molecule has 2 fully saturated rings. The summed E-state index contributed by atoms with van der Waals surface area (Å²) in [6, 6.07) is 15.1. The molecule has 0 unspecified atom stereocenters. The lowest BCUT2D eigenvalue weighted by atomic mass is 9.96. The Labute approximate surface area is 142 Å². The minimum absolute atomic E-state index is 0.543. The van der Waals surface area contributed by atoms with Crippen LogP contribution in [-0.2, 0) is 0 Å². The summed E-state index contributed by atoms with van der Waals surface area (Å²) in [5.74, 6) is 1.72. The van der Waals surface area contributed by atoms with E-state index in [4.69, 9.17) is 12.2 Å². The molecule has 2 aliphatic rings. The van der Waals surface area contributed by atoms with Crippen LogP contribution in [-0.4, -0.2) is 17.4 Å². The molecule has 0 radical (unpaired) electrons. The lowest BCUT2D eigenvalue weighted by Gasteiger charge is -2.23. The van der Waals surface area contributed by atoms with Crippen LogP contribution in [0.2, 0.25) is 0 Å². The number of nitrogens with zero attached hydrogens (tertiary/aromatic N) is 1. The van der Waals surface area contributed by atoms with Crippen molar-refractivity contribution in [3.63, 3.8) is 0 Å². The molecule has 2 aromatic carbocycles. The molecule has 0 heterocycles. The Hall–Kier alpha value is -1.94. The van der Waals surface area contributed by atoms with Gasteiger partial charge in [0, 0.05) is 11.6 Å². The smallest absolute Gasteiger partial charge is 0.187 e. The Morgan fingerprint density at radius 2 is 1.96 bits per heavy atom. The highest BCUT2D eigenvalue weighted by Gasteiger charge is 2.39. The van der Waals surface area contributed by atoms with E-state index in [-0.39, 0.29) is 0 Å². The van der Waals surface area contributed by atoms with Crippen molar-refractivity contribution in [2.45, 2.75) is 31.7 Å². The summed E-state index contributed by atoms with van der Waals surface area (Å²) in [7, 11) is 0. The summed E-state index contributed by atoms with van der Waals surface area (Å²) in [5, 5.41) is 10.8.